The van der Waals surface area contributed by atoms with Crippen LogP contribution in [0, 0.1) is 0 Å². The summed E-state index contributed by atoms with van der Waals surface area (Å²) < 4.78 is 3.29. The molecule has 90 valence electrons. The molecular weight excluding hydrogens is 248 g/mol. The Morgan fingerprint density at radius 3 is 3.06 bits per heavy atom. The molecule has 0 N–H and O–H groups in total. The van der Waals surface area contributed by atoms with Crippen molar-refractivity contribution in [1.82, 2.24) is 19.2 Å². The first-order chi connectivity index (χ1) is 8.74. The van der Waals surface area contributed by atoms with E-state index in [1.54, 1.807) is 5.51 Å². The van der Waals surface area contributed by atoms with E-state index in [-0.39, 0.29) is 5.56 Å². The molecular formula is C12H10N4OS. The van der Waals surface area contributed by atoms with Crippen LogP contribution < -0.4 is 5.56 Å². The average Bonchev–Trinajstić information content (AvgIpc) is 2.95. The first-order valence-corrected chi connectivity index (χ1v) is 6.25. The van der Waals surface area contributed by atoms with Crippen LogP contribution in [-0.2, 0) is 7.05 Å². The van der Waals surface area contributed by atoms with Gasteiger partial charge in [0.15, 0.2) is 0 Å². The molecule has 3 heterocycles. The highest BCUT2D eigenvalue weighted by molar-refractivity contribution is 7.14. The summed E-state index contributed by atoms with van der Waals surface area (Å²) in [5.74, 6) is 0. The zero-order valence-electron chi connectivity index (χ0n) is 9.65. The van der Waals surface area contributed by atoms with Gasteiger partial charge in [-0.25, -0.2) is 4.98 Å². The molecule has 3 aromatic rings. The third-order valence-corrected chi connectivity index (χ3v) is 3.29. The molecule has 18 heavy (non-hydrogen) atoms. The molecule has 0 spiro atoms. The Bertz CT molecular complexity index is 781. The van der Waals surface area contributed by atoms with Crippen molar-refractivity contribution in [3.8, 4) is 0 Å². The van der Waals surface area contributed by atoms with Crippen LogP contribution in [0.5, 0.6) is 0 Å². The third-order valence-electron chi connectivity index (χ3n) is 2.62. The molecule has 0 saturated carbocycles. The van der Waals surface area contributed by atoms with Gasteiger partial charge >= 0.3 is 0 Å². The summed E-state index contributed by atoms with van der Waals surface area (Å²) in [5.41, 5.74) is 3.15. The van der Waals surface area contributed by atoms with Crippen molar-refractivity contribution in [3.05, 3.63) is 51.6 Å². The number of hydrogen-bond acceptors (Lipinski definition) is 4. The van der Waals surface area contributed by atoms with Crippen LogP contribution in [0.3, 0.4) is 0 Å². The second kappa shape index (κ2) is 4.23. The Labute approximate surface area is 107 Å². The fourth-order valence-electron chi connectivity index (χ4n) is 1.68. The highest BCUT2D eigenvalue weighted by Crippen LogP contribution is 2.08. The lowest BCUT2D eigenvalue weighted by atomic mass is 10.3. The first-order valence-electron chi connectivity index (χ1n) is 5.37. The van der Waals surface area contributed by atoms with Crippen LogP contribution in [0.15, 0.2) is 34.7 Å². The van der Waals surface area contributed by atoms with Crippen LogP contribution in [0.25, 0.3) is 17.1 Å². The van der Waals surface area contributed by atoms with E-state index in [1.807, 2.05) is 42.1 Å². The van der Waals surface area contributed by atoms with Gasteiger partial charge < -0.3 is 4.57 Å². The van der Waals surface area contributed by atoms with Gasteiger partial charge in [0.05, 0.1) is 5.69 Å². The summed E-state index contributed by atoms with van der Waals surface area (Å²) in [7, 11) is 1.97. The molecule has 0 amide bonds. The Morgan fingerprint density at radius 1 is 1.39 bits per heavy atom. The van der Waals surface area contributed by atoms with Crippen molar-refractivity contribution in [2.24, 2.45) is 7.05 Å². The smallest absolute Gasteiger partial charge is 0.275 e. The molecule has 0 fully saturated rings. The number of fused-ring (bicyclic) bond motifs is 1. The maximum atomic E-state index is 11.7. The molecule has 0 bridgehead atoms. The third kappa shape index (κ3) is 1.86. The summed E-state index contributed by atoms with van der Waals surface area (Å²) in [5, 5.41) is 3.92. The largest absolute Gasteiger partial charge is 0.351 e. The van der Waals surface area contributed by atoms with Crippen molar-refractivity contribution < 1.29 is 0 Å². The minimum absolute atomic E-state index is 0.159. The topological polar surface area (TPSA) is 52.2 Å². The molecule has 0 aliphatic rings. The normalized spacial score (nSPS) is 11.6. The van der Waals surface area contributed by atoms with Gasteiger partial charge in [0.25, 0.3) is 5.56 Å². The molecule has 0 aliphatic heterocycles. The van der Waals surface area contributed by atoms with Crippen molar-refractivity contribution in [3.63, 3.8) is 0 Å². The predicted molar refractivity (Wildman–Crippen MR) is 71.5 cm³/mol. The van der Waals surface area contributed by atoms with E-state index in [2.05, 4.69) is 10.1 Å². The van der Waals surface area contributed by atoms with Gasteiger partial charge in [0.1, 0.15) is 5.51 Å². The number of hydrogen-bond donors (Lipinski definition) is 0. The molecule has 0 unspecified atom stereocenters. The SMILES string of the molecule is Cn1cccc1/C=C/c1cc(=O)n2ncsc2n1. The molecule has 0 saturated heterocycles. The van der Waals surface area contributed by atoms with E-state index < -0.39 is 0 Å². The predicted octanol–water partition coefficient (Wildman–Crippen LogP) is 1.66. The van der Waals surface area contributed by atoms with E-state index in [0.717, 1.165) is 5.69 Å². The lowest BCUT2D eigenvalue weighted by Crippen LogP contribution is -2.13. The van der Waals surface area contributed by atoms with Gasteiger partial charge in [-0.15, -0.1) is 0 Å². The molecule has 3 aromatic heterocycles. The van der Waals surface area contributed by atoms with Crippen LogP contribution in [0.2, 0.25) is 0 Å². The fourth-order valence-corrected chi connectivity index (χ4v) is 2.31. The number of aromatic nitrogens is 4. The Balaban J connectivity index is 2.03. The quantitative estimate of drug-likeness (QED) is 0.702. The Morgan fingerprint density at radius 2 is 2.28 bits per heavy atom. The van der Waals surface area contributed by atoms with E-state index in [9.17, 15) is 4.79 Å². The molecule has 5 nitrogen and oxygen atoms in total. The van der Waals surface area contributed by atoms with Crippen molar-refractivity contribution in [1.29, 1.82) is 0 Å². The van der Waals surface area contributed by atoms with E-state index >= 15 is 0 Å². The van der Waals surface area contributed by atoms with Crippen LogP contribution >= 0.6 is 11.3 Å². The minimum atomic E-state index is -0.159. The van der Waals surface area contributed by atoms with Gasteiger partial charge in [-0.3, -0.25) is 4.79 Å². The van der Waals surface area contributed by atoms with E-state index in [1.165, 1.54) is 21.9 Å². The molecule has 0 radical (unpaired) electrons. The average molecular weight is 258 g/mol. The number of rotatable bonds is 2. The van der Waals surface area contributed by atoms with Gasteiger partial charge in [-0.1, -0.05) is 11.3 Å². The molecule has 3 rings (SSSR count). The summed E-state index contributed by atoms with van der Waals surface area (Å²) in [6.45, 7) is 0. The molecule has 0 aromatic carbocycles. The monoisotopic (exact) mass is 258 g/mol. The maximum Gasteiger partial charge on any atom is 0.275 e. The lowest BCUT2D eigenvalue weighted by Gasteiger charge is -1.96. The second-order valence-electron chi connectivity index (χ2n) is 3.83. The van der Waals surface area contributed by atoms with E-state index in [4.69, 9.17) is 0 Å². The lowest BCUT2D eigenvalue weighted by molar-refractivity contribution is 0.897. The van der Waals surface area contributed by atoms with Gasteiger partial charge in [-0.05, 0) is 24.3 Å². The van der Waals surface area contributed by atoms with Crippen molar-refractivity contribution >= 4 is 28.4 Å². The first kappa shape index (κ1) is 10.9. The van der Waals surface area contributed by atoms with Crippen molar-refractivity contribution in [2.75, 3.05) is 0 Å². The summed E-state index contributed by atoms with van der Waals surface area (Å²) >= 11 is 1.34. The summed E-state index contributed by atoms with van der Waals surface area (Å²) in [4.78, 5) is 16.7. The molecule has 0 aliphatic carbocycles. The second-order valence-corrected chi connectivity index (χ2v) is 4.64. The maximum absolute atomic E-state index is 11.7. The van der Waals surface area contributed by atoms with Crippen molar-refractivity contribution in [2.45, 2.75) is 0 Å². The number of aryl methyl sites for hydroxylation is 1. The van der Waals surface area contributed by atoms with Gasteiger partial charge in [0, 0.05) is 25.0 Å². The number of nitrogens with zero attached hydrogens (tertiary/aromatic N) is 4. The standard InChI is InChI=1S/C12H10N4OS/c1-15-6-2-3-10(15)5-4-9-7-11(17)16-12(14-9)18-8-13-16/h2-8H,1H3/b5-4+. The minimum Gasteiger partial charge on any atom is -0.351 e. The van der Waals surface area contributed by atoms with Crippen LogP contribution in [-0.4, -0.2) is 19.2 Å². The summed E-state index contributed by atoms with van der Waals surface area (Å²) in [6, 6.07) is 5.44. The van der Waals surface area contributed by atoms with Gasteiger partial charge in [0.2, 0.25) is 4.96 Å². The molecule has 6 heteroatoms. The fraction of sp³-hybridized carbons (Fsp3) is 0.0833. The highest BCUT2D eigenvalue weighted by Gasteiger charge is 2.02. The van der Waals surface area contributed by atoms with E-state index in [0.29, 0.717) is 10.7 Å². The van der Waals surface area contributed by atoms with Gasteiger partial charge in [-0.2, -0.15) is 9.61 Å². The zero-order chi connectivity index (χ0) is 12.5. The summed E-state index contributed by atoms with van der Waals surface area (Å²) in [6.07, 6.45) is 5.73. The molecule has 0 atom stereocenters. The Hall–Kier alpha value is -2.21. The zero-order valence-corrected chi connectivity index (χ0v) is 10.5. The van der Waals surface area contributed by atoms with Crippen LogP contribution in [0.1, 0.15) is 11.4 Å². The highest BCUT2D eigenvalue weighted by atomic mass is 32.1. The van der Waals surface area contributed by atoms with Crippen LogP contribution in [0.4, 0.5) is 0 Å². The Kier molecular flexibility index (Phi) is 2.56.